The molecule has 1 fully saturated rings. The minimum absolute atomic E-state index is 0.0671. The van der Waals surface area contributed by atoms with E-state index in [0.717, 1.165) is 37.6 Å². The average Bonchev–Trinajstić information content (AvgIpc) is 2.47. The van der Waals surface area contributed by atoms with Crippen LogP contribution in [0.2, 0.25) is 0 Å². The molecule has 2 N–H and O–H groups in total. The van der Waals surface area contributed by atoms with Crippen LogP contribution < -0.4 is 10.5 Å². The molecule has 20 heavy (non-hydrogen) atoms. The Morgan fingerprint density at radius 1 is 1.40 bits per heavy atom. The molecule has 0 aromatic heterocycles. The van der Waals surface area contributed by atoms with Crippen LogP contribution in [0.1, 0.15) is 43.9 Å². The van der Waals surface area contributed by atoms with Crippen LogP contribution in [0.25, 0.3) is 0 Å². The normalized spacial score (nSPS) is 17.9. The van der Waals surface area contributed by atoms with Crippen LogP contribution in [0.5, 0.6) is 5.75 Å². The molecule has 112 valence electrons. The van der Waals surface area contributed by atoms with E-state index in [9.17, 15) is 0 Å². The van der Waals surface area contributed by atoms with E-state index in [2.05, 4.69) is 18.2 Å². The molecule has 0 bridgehead atoms. The third-order valence-electron chi connectivity index (χ3n) is 3.55. The fourth-order valence-corrected chi connectivity index (χ4v) is 3.51. The predicted molar refractivity (Wildman–Crippen MR) is 85.3 cm³/mol. The molecule has 3 nitrogen and oxygen atoms in total. The minimum Gasteiger partial charge on any atom is -0.494 e. The van der Waals surface area contributed by atoms with Gasteiger partial charge in [0.25, 0.3) is 0 Å². The van der Waals surface area contributed by atoms with Gasteiger partial charge in [-0.1, -0.05) is 6.07 Å². The molecular weight excluding hydrogens is 270 g/mol. The van der Waals surface area contributed by atoms with Crippen molar-refractivity contribution in [2.24, 2.45) is 5.73 Å². The molecule has 1 aromatic rings. The standard InChI is InChI=1S/C16H25NO2S/c1-3-19-16-5-4-13(12(2)17)10-14(16)11-20-15-6-8-18-9-7-15/h4-5,10,12,15H,3,6-9,11,17H2,1-2H3. The summed E-state index contributed by atoms with van der Waals surface area (Å²) in [4.78, 5) is 0. The Balaban J connectivity index is 2.04. The Bertz CT molecular complexity index is 417. The molecule has 1 aliphatic rings. The quantitative estimate of drug-likeness (QED) is 0.872. The van der Waals surface area contributed by atoms with Crippen LogP contribution in [-0.2, 0) is 10.5 Å². The molecule has 1 unspecified atom stereocenters. The largest absolute Gasteiger partial charge is 0.494 e. The van der Waals surface area contributed by atoms with E-state index in [1.165, 1.54) is 11.1 Å². The number of hydrogen-bond donors (Lipinski definition) is 1. The van der Waals surface area contributed by atoms with Crippen molar-refractivity contribution in [3.63, 3.8) is 0 Å². The highest BCUT2D eigenvalue weighted by Gasteiger charge is 2.15. The number of rotatable bonds is 6. The molecule has 1 saturated heterocycles. The summed E-state index contributed by atoms with van der Waals surface area (Å²) in [5, 5.41) is 0.706. The third-order valence-corrected chi connectivity index (χ3v) is 4.97. The molecule has 1 aliphatic heterocycles. The van der Waals surface area contributed by atoms with Crippen molar-refractivity contribution in [3.05, 3.63) is 29.3 Å². The Hall–Kier alpha value is -0.710. The summed E-state index contributed by atoms with van der Waals surface area (Å²) >= 11 is 2.01. The first-order valence-electron chi connectivity index (χ1n) is 7.41. The Morgan fingerprint density at radius 3 is 2.80 bits per heavy atom. The first-order valence-corrected chi connectivity index (χ1v) is 8.46. The highest BCUT2D eigenvalue weighted by molar-refractivity contribution is 7.99. The number of nitrogens with two attached hydrogens (primary N) is 1. The first kappa shape index (κ1) is 15.7. The molecule has 1 heterocycles. The zero-order chi connectivity index (χ0) is 14.4. The molecule has 0 spiro atoms. The van der Waals surface area contributed by atoms with Gasteiger partial charge in [-0.2, -0.15) is 11.8 Å². The van der Waals surface area contributed by atoms with Crippen LogP contribution in [0, 0.1) is 0 Å². The smallest absolute Gasteiger partial charge is 0.123 e. The number of ether oxygens (including phenoxy) is 2. The van der Waals surface area contributed by atoms with Gasteiger partial charge in [0.1, 0.15) is 5.75 Å². The van der Waals surface area contributed by atoms with E-state index in [0.29, 0.717) is 11.9 Å². The molecule has 1 atom stereocenters. The van der Waals surface area contributed by atoms with Gasteiger partial charge >= 0.3 is 0 Å². The summed E-state index contributed by atoms with van der Waals surface area (Å²) in [6, 6.07) is 6.39. The van der Waals surface area contributed by atoms with Crippen molar-refractivity contribution >= 4 is 11.8 Å². The van der Waals surface area contributed by atoms with Crippen LogP contribution in [-0.4, -0.2) is 25.1 Å². The van der Waals surface area contributed by atoms with Crippen LogP contribution in [0.4, 0.5) is 0 Å². The van der Waals surface area contributed by atoms with Crippen molar-refractivity contribution in [1.82, 2.24) is 0 Å². The van der Waals surface area contributed by atoms with Gasteiger partial charge in [0.05, 0.1) is 6.61 Å². The summed E-state index contributed by atoms with van der Waals surface area (Å²) in [5.41, 5.74) is 8.42. The van der Waals surface area contributed by atoms with Crippen LogP contribution in [0.3, 0.4) is 0 Å². The van der Waals surface area contributed by atoms with Gasteiger partial charge in [-0.05, 0) is 44.4 Å². The van der Waals surface area contributed by atoms with E-state index >= 15 is 0 Å². The summed E-state index contributed by atoms with van der Waals surface area (Å²) < 4.78 is 11.1. The van der Waals surface area contributed by atoms with Crippen LogP contribution >= 0.6 is 11.8 Å². The lowest BCUT2D eigenvalue weighted by atomic mass is 10.1. The SMILES string of the molecule is CCOc1ccc(C(C)N)cc1CSC1CCOCC1. The lowest BCUT2D eigenvalue weighted by molar-refractivity contribution is 0.1000. The lowest BCUT2D eigenvalue weighted by Gasteiger charge is -2.22. The van der Waals surface area contributed by atoms with E-state index in [-0.39, 0.29) is 6.04 Å². The molecule has 2 rings (SSSR count). The highest BCUT2D eigenvalue weighted by atomic mass is 32.2. The molecule has 1 aromatic carbocycles. The van der Waals surface area contributed by atoms with Gasteiger partial charge in [0.15, 0.2) is 0 Å². The summed E-state index contributed by atoms with van der Waals surface area (Å²) in [7, 11) is 0. The monoisotopic (exact) mass is 295 g/mol. The Kier molecular flexibility index (Phi) is 6.20. The fourth-order valence-electron chi connectivity index (χ4n) is 2.34. The number of hydrogen-bond acceptors (Lipinski definition) is 4. The van der Waals surface area contributed by atoms with Crippen LogP contribution in [0.15, 0.2) is 18.2 Å². The van der Waals surface area contributed by atoms with E-state index < -0.39 is 0 Å². The summed E-state index contributed by atoms with van der Waals surface area (Å²) in [6.07, 6.45) is 2.31. The zero-order valence-electron chi connectivity index (χ0n) is 12.4. The van der Waals surface area contributed by atoms with Gasteiger partial charge in [-0.25, -0.2) is 0 Å². The lowest BCUT2D eigenvalue weighted by Crippen LogP contribution is -2.17. The van der Waals surface area contributed by atoms with Gasteiger partial charge in [0.2, 0.25) is 0 Å². The van der Waals surface area contributed by atoms with Crippen molar-refractivity contribution in [3.8, 4) is 5.75 Å². The predicted octanol–water partition coefficient (Wildman–Crippen LogP) is 3.52. The Labute approximate surface area is 126 Å². The second-order valence-corrected chi connectivity index (χ2v) is 6.50. The molecular formula is C16H25NO2S. The molecule has 0 aliphatic carbocycles. The molecule has 0 amide bonds. The second kappa shape index (κ2) is 7.91. The molecule has 4 heteroatoms. The second-order valence-electron chi connectivity index (χ2n) is 5.21. The number of benzene rings is 1. The minimum atomic E-state index is 0.0671. The van der Waals surface area contributed by atoms with Gasteiger partial charge < -0.3 is 15.2 Å². The van der Waals surface area contributed by atoms with Crippen molar-refractivity contribution < 1.29 is 9.47 Å². The molecule has 0 radical (unpaired) electrons. The topological polar surface area (TPSA) is 44.5 Å². The fraction of sp³-hybridized carbons (Fsp3) is 0.625. The first-order chi connectivity index (χ1) is 9.70. The van der Waals surface area contributed by atoms with Crippen molar-refractivity contribution in [2.45, 2.75) is 43.7 Å². The van der Waals surface area contributed by atoms with E-state index in [1.807, 2.05) is 25.6 Å². The van der Waals surface area contributed by atoms with Gasteiger partial charge in [0, 0.05) is 35.8 Å². The highest BCUT2D eigenvalue weighted by Crippen LogP contribution is 2.31. The van der Waals surface area contributed by atoms with Crippen molar-refractivity contribution in [2.75, 3.05) is 19.8 Å². The Morgan fingerprint density at radius 2 is 2.15 bits per heavy atom. The maximum atomic E-state index is 5.98. The maximum Gasteiger partial charge on any atom is 0.123 e. The van der Waals surface area contributed by atoms with Gasteiger partial charge in [-0.15, -0.1) is 0 Å². The summed E-state index contributed by atoms with van der Waals surface area (Å²) in [5.74, 6) is 1.98. The molecule has 0 saturated carbocycles. The maximum absolute atomic E-state index is 5.98. The zero-order valence-corrected chi connectivity index (χ0v) is 13.2. The summed E-state index contributed by atoms with van der Waals surface area (Å²) in [6.45, 7) is 6.54. The van der Waals surface area contributed by atoms with E-state index in [1.54, 1.807) is 0 Å². The van der Waals surface area contributed by atoms with E-state index in [4.69, 9.17) is 15.2 Å². The van der Waals surface area contributed by atoms with Gasteiger partial charge in [-0.3, -0.25) is 0 Å². The average molecular weight is 295 g/mol. The number of thioether (sulfide) groups is 1. The third kappa shape index (κ3) is 4.40. The van der Waals surface area contributed by atoms with Crippen molar-refractivity contribution in [1.29, 1.82) is 0 Å².